The Hall–Kier alpha value is 0.0900. The number of nitrogens with zero attached hydrogens (tertiary/aromatic N) is 2. The van der Waals surface area contributed by atoms with Gasteiger partial charge in [0.1, 0.15) is 5.15 Å². The molecule has 1 saturated carbocycles. The minimum Gasteiger partial charge on any atom is -0.232 e. The molecule has 1 aromatic carbocycles. The Morgan fingerprint density at radius 2 is 1.95 bits per heavy atom. The van der Waals surface area contributed by atoms with Crippen LogP contribution in [0, 0.1) is 3.57 Å². The van der Waals surface area contributed by atoms with E-state index in [-0.39, 0.29) is 0 Å². The third kappa shape index (κ3) is 2.91. The first-order chi connectivity index (χ1) is 9.06. The maximum Gasteiger partial charge on any atom is 0.161 e. The summed E-state index contributed by atoms with van der Waals surface area (Å²) < 4.78 is 1.82. The summed E-state index contributed by atoms with van der Waals surface area (Å²) in [5.41, 5.74) is 1.95. The van der Waals surface area contributed by atoms with E-state index in [2.05, 4.69) is 48.5 Å². The number of rotatable bonds is 2. The van der Waals surface area contributed by atoms with Crippen molar-refractivity contribution in [3.8, 4) is 11.4 Å². The Bertz CT molecular complexity index is 659. The van der Waals surface area contributed by atoms with Crippen LogP contribution in [0.1, 0.15) is 24.5 Å². The molecule has 1 aliphatic rings. The van der Waals surface area contributed by atoms with E-state index in [1.165, 1.54) is 12.8 Å². The van der Waals surface area contributed by atoms with Crippen LogP contribution in [0.25, 0.3) is 11.4 Å². The second-order valence-corrected chi connectivity index (χ2v) is 7.14. The van der Waals surface area contributed by atoms with E-state index in [1.807, 2.05) is 18.2 Å². The van der Waals surface area contributed by atoms with Gasteiger partial charge in [-0.2, -0.15) is 0 Å². The molecule has 0 aliphatic heterocycles. The monoisotopic (exact) mass is 468 g/mol. The van der Waals surface area contributed by atoms with E-state index in [4.69, 9.17) is 23.2 Å². The van der Waals surface area contributed by atoms with E-state index >= 15 is 0 Å². The van der Waals surface area contributed by atoms with Crippen LogP contribution in [-0.2, 0) is 0 Å². The van der Waals surface area contributed by atoms with Crippen molar-refractivity contribution in [1.82, 2.24) is 9.97 Å². The lowest BCUT2D eigenvalue weighted by Crippen LogP contribution is -1.99. The Balaban J connectivity index is 2.11. The van der Waals surface area contributed by atoms with Crippen LogP contribution in [0.5, 0.6) is 0 Å². The predicted octanol–water partition coefficient (Wildman–Crippen LogP) is 5.69. The minimum absolute atomic E-state index is 0.520. The smallest absolute Gasteiger partial charge is 0.161 e. The summed E-state index contributed by atoms with van der Waals surface area (Å²) in [6.07, 6.45) is 2.37. The largest absolute Gasteiger partial charge is 0.232 e. The average molecular weight is 470 g/mol. The Morgan fingerprint density at radius 1 is 1.21 bits per heavy atom. The van der Waals surface area contributed by atoms with E-state index in [1.54, 1.807) is 0 Å². The first kappa shape index (κ1) is 14.0. The number of hydrogen-bond acceptors (Lipinski definition) is 2. The topological polar surface area (TPSA) is 25.8 Å². The molecule has 0 amide bonds. The molecular formula is C13H8BrCl2IN2. The van der Waals surface area contributed by atoms with Gasteiger partial charge in [-0.1, -0.05) is 23.2 Å². The summed E-state index contributed by atoms with van der Waals surface area (Å²) in [6, 6.07) is 5.68. The third-order valence-corrected chi connectivity index (χ3v) is 5.87. The van der Waals surface area contributed by atoms with Gasteiger partial charge < -0.3 is 0 Å². The number of aromatic nitrogens is 2. The van der Waals surface area contributed by atoms with Crippen LogP contribution in [-0.4, -0.2) is 9.97 Å². The van der Waals surface area contributed by atoms with Gasteiger partial charge in [-0.15, -0.1) is 0 Å². The Morgan fingerprint density at radius 3 is 2.58 bits per heavy atom. The van der Waals surface area contributed by atoms with Gasteiger partial charge in [-0.05, 0) is 69.6 Å². The van der Waals surface area contributed by atoms with Crippen LogP contribution in [0.4, 0.5) is 0 Å². The fourth-order valence-electron chi connectivity index (χ4n) is 1.83. The SMILES string of the molecule is Clc1cc(-c2nc(Cl)c(I)c(C3CC3)n2)ccc1Br. The zero-order chi connectivity index (χ0) is 13.6. The predicted molar refractivity (Wildman–Crippen MR) is 89.9 cm³/mol. The van der Waals surface area contributed by atoms with Crippen LogP contribution >= 0.6 is 61.7 Å². The van der Waals surface area contributed by atoms with Crippen molar-refractivity contribution in [3.05, 3.63) is 42.1 Å². The molecule has 0 spiro atoms. The second-order valence-electron chi connectivity index (χ2n) is 4.44. The summed E-state index contributed by atoms with van der Waals surface area (Å²) >= 11 is 17.9. The summed E-state index contributed by atoms with van der Waals surface area (Å²) in [5, 5.41) is 1.16. The normalized spacial score (nSPS) is 14.7. The van der Waals surface area contributed by atoms with Gasteiger partial charge >= 0.3 is 0 Å². The van der Waals surface area contributed by atoms with Crippen molar-refractivity contribution in [1.29, 1.82) is 0 Å². The van der Waals surface area contributed by atoms with Crippen molar-refractivity contribution in [3.63, 3.8) is 0 Å². The molecule has 98 valence electrons. The van der Waals surface area contributed by atoms with Crippen molar-refractivity contribution < 1.29 is 0 Å². The lowest BCUT2D eigenvalue weighted by Gasteiger charge is -2.08. The highest BCUT2D eigenvalue weighted by atomic mass is 127. The van der Waals surface area contributed by atoms with Gasteiger partial charge in [-0.3, -0.25) is 0 Å². The Labute approximate surface area is 143 Å². The van der Waals surface area contributed by atoms with E-state index in [0.29, 0.717) is 21.9 Å². The molecule has 3 rings (SSSR count). The molecule has 1 fully saturated rings. The van der Waals surface area contributed by atoms with E-state index < -0.39 is 0 Å². The number of hydrogen-bond donors (Lipinski definition) is 0. The standard InChI is InChI=1S/C13H8BrCl2IN2/c14-8-4-3-7(5-9(8)15)13-18-11(6-1-2-6)10(17)12(16)19-13/h3-6H,1-2H2. The van der Waals surface area contributed by atoms with Gasteiger partial charge in [0.15, 0.2) is 5.82 Å². The van der Waals surface area contributed by atoms with E-state index in [0.717, 1.165) is 19.3 Å². The third-order valence-electron chi connectivity index (χ3n) is 2.98. The quantitative estimate of drug-likeness (QED) is 0.417. The fraction of sp³-hybridized carbons (Fsp3) is 0.231. The highest BCUT2D eigenvalue weighted by Crippen LogP contribution is 2.43. The molecular weight excluding hydrogens is 462 g/mol. The number of benzene rings is 1. The van der Waals surface area contributed by atoms with Crippen LogP contribution in [0.2, 0.25) is 10.2 Å². The zero-order valence-corrected chi connectivity index (χ0v) is 14.9. The molecule has 2 aromatic rings. The fourth-order valence-corrected chi connectivity index (χ4v) is 3.11. The first-order valence-electron chi connectivity index (χ1n) is 5.74. The summed E-state index contributed by atoms with van der Waals surface area (Å²) in [5.74, 6) is 1.18. The van der Waals surface area contributed by atoms with Crippen molar-refractivity contribution in [2.24, 2.45) is 0 Å². The second kappa shape index (κ2) is 5.47. The maximum atomic E-state index is 6.21. The van der Waals surface area contributed by atoms with Gasteiger partial charge in [-0.25, -0.2) is 9.97 Å². The summed E-state index contributed by atoms with van der Waals surface area (Å²) in [6.45, 7) is 0. The average Bonchev–Trinajstić information content (AvgIpc) is 3.20. The molecule has 0 unspecified atom stereocenters. The van der Waals surface area contributed by atoms with Gasteiger partial charge in [0.25, 0.3) is 0 Å². The molecule has 0 N–H and O–H groups in total. The van der Waals surface area contributed by atoms with Gasteiger partial charge in [0.05, 0.1) is 14.3 Å². The Kier molecular flexibility index (Phi) is 4.04. The van der Waals surface area contributed by atoms with Crippen LogP contribution in [0.3, 0.4) is 0 Å². The molecule has 0 bridgehead atoms. The molecule has 0 atom stereocenters. The zero-order valence-electron chi connectivity index (χ0n) is 9.63. The maximum absolute atomic E-state index is 6.21. The molecule has 0 radical (unpaired) electrons. The van der Waals surface area contributed by atoms with Crippen LogP contribution in [0.15, 0.2) is 22.7 Å². The molecule has 6 heteroatoms. The summed E-state index contributed by atoms with van der Waals surface area (Å²) in [7, 11) is 0. The van der Waals surface area contributed by atoms with Gasteiger partial charge in [0, 0.05) is 16.0 Å². The summed E-state index contributed by atoms with van der Waals surface area (Å²) in [4.78, 5) is 9.02. The molecule has 1 aromatic heterocycles. The lowest BCUT2D eigenvalue weighted by molar-refractivity contribution is 0.978. The lowest BCUT2D eigenvalue weighted by atomic mass is 10.2. The highest BCUT2D eigenvalue weighted by Gasteiger charge is 2.29. The first-order valence-corrected chi connectivity index (χ1v) is 8.37. The van der Waals surface area contributed by atoms with Crippen LogP contribution < -0.4 is 0 Å². The molecule has 2 nitrogen and oxygen atoms in total. The molecule has 1 heterocycles. The van der Waals surface area contributed by atoms with Gasteiger partial charge in [0.2, 0.25) is 0 Å². The highest BCUT2D eigenvalue weighted by molar-refractivity contribution is 14.1. The minimum atomic E-state index is 0.520. The van der Waals surface area contributed by atoms with Crippen molar-refractivity contribution >= 4 is 61.7 Å². The van der Waals surface area contributed by atoms with Crippen molar-refractivity contribution in [2.45, 2.75) is 18.8 Å². The van der Waals surface area contributed by atoms with E-state index in [9.17, 15) is 0 Å². The molecule has 1 aliphatic carbocycles. The van der Waals surface area contributed by atoms with Crippen molar-refractivity contribution in [2.75, 3.05) is 0 Å². The number of halogens is 4. The molecule has 0 saturated heterocycles. The molecule has 19 heavy (non-hydrogen) atoms.